The number of carbonyl (C=O) groups excluding carboxylic acids is 2. The summed E-state index contributed by atoms with van der Waals surface area (Å²) in [5, 5.41) is 2.68. The fraction of sp³-hybridized carbons (Fsp3) is 0.429. The minimum absolute atomic E-state index is 0.0167. The van der Waals surface area contributed by atoms with E-state index in [4.69, 9.17) is 4.74 Å². The quantitative estimate of drug-likeness (QED) is 0.798. The van der Waals surface area contributed by atoms with Gasteiger partial charge in [0.15, 0.2) is 0 Å². The summed E-state index contributed by atoms with van der Waals surface area (Å²) in [4.78, 5) is 25.3. The van der Waals surface area contributed by atoms with Crippen molar-refractivity contribution in [2.24, 2.45) is 0 Å². The van der Waals surface area contributed by atoms with Gasteiger partial charge in [-0.05, 0) is 40.5 Å². The van der Waals surface area contributed by atoms with Crippen LogP contribution in [0.25, 0.3) is 0 Å². The van der Waals surface area contributed by atoms with E-state index in [0.717, 1.165) is 10.0 Å². The Morgan fingerprint density at radius 3 is 2.70 bits per heavy atom. The van der Waals surface area contributed by atoms with Crippen LogP contribution >= 0.6 is 15.9 Å². The van der Waals surface area contributed by atoms with E-state index < -0.39 is 0 Å². The van der Waals surface area contributed by atoms with Gasteiger partial charge in [0.2, 0.25) is 5.91 Å². The molecule has 0 unspecified atom stereocenters. The molecule has 20 heavy (non-hydrogen) atoms. The van der Waals surface area contributed by atoms with Gasteiger partial charge in [-0.25, -0.2) is 0 Å². The molecular formula is C14H19BrN2O3. The molecule has 2 amide bonds. The number of amides is 2. The zero-order valence-corrected chi connectivity index (χ0v) is 13.5. The summed E-state index contributed by atoms with van der Waals surface area (Å²) in [6.07, 6.45) is 0. The fourth-order valence-corrected chi connectivity index (χ4v) is 2.30. The zero-order valence-electron chi connectivity index (χ0n) is 11.9. The Morgan fingerprint density at radius 1 is 1.40 bits per heavy atom. The van der Waals surface area contributed by atoms with Crippen molar-refractivity contribution in [2.75, 3.05) is 33.9 Å². The molecule has 1 aromatic rings. The number of nitrogens with zero attached hydrogens (tertiary/aromatic N) is 1. The average molecular weight is 343 g/mol. The van der Waals surface area contributed by atoms with Crippen LogP contribution in [0.3, 0.4) is 0 Å². The van der Waals surface area contributed by atoms with Gasteiger partial charge in [-0.1, -0.05) is 6.07 Å². The van der Waals surface area contributed by atoms with Crippen molar-refractivity contribution in [1.29, 1.82) is 0 Å². The van der Waals surface area contributed by atoms with Gasteiger partial charge in [-0.3, -0.25) is 9.59 Å². The third kappa shape index (κ3) is 4.94. The summed E-state index contributed by atoms with van der Waals surface area (Å²) in [6.45, 7) is 2.85. The molecule has 1 N–H and O–H groups in total. The SMILES string of the molecule is COCCNC(=O)CN(C)C(=O)c1ccc(C)cc1Br. The van der Waals surface area contributed by atoms with Gasteiger partial charge in [-0.15, -0.1) is 0 Å². The van der Waals surface area contributed by atoms with Gasteiger partial charge in [0.05, 0.1) is 18.7 Å². The molecule has 0 aliphatic carbocycles. The number of rotatable bonds is 6. The number of halogens is 1. The molecule has 0 aromatic heterocycles. The van der Waals surface area contributed by atoms with Crippen LogP contribution in [0.15, 0.2) is 22.7 Å². The number of carbonyl (C=O) groups is 2. The second kappa shape index (κ2) is 8.01. The van der Waals surface area contributed by atoms with E-state index in [9.17, 15) is 9.59 Å². The highest BCUT2D eigenvalue weighted by Crippen LogP contribution is 2.19. The number of benzene rings is 1. The molecule has 0 bridgehead atoms. The van der Waals surface area contributed by atoms with Crippen LogP contribution in [0.1, 0.15) is 15.9 Å². The Hall–Kier alpha value is -1.40. The minimum Gasteiger partial charge on any atom is -0.383 e. The van der Waals surface area contributed by atoms with E-state index in [1.165, 1.54) is 4.90 Å². The van der Waals surface area contributed by atoms with Crippen molar-refractivity contribution in [3.05, 3.63) is 33.8 Å². The molecule has 0 aliphatic heterocycles. The highest BCUT2D eigenvalue weighted by Gasteiger charge is 2.17. The van der Waals surface area contributed by atoms with Gasteiger partial charge in [-0.2, -0.15) is 0 Å². The smallest absolute Gasteiger partial charge is 0.255 e. The Bertz CT molecular complexity index is 491. The minimum atomic E-state index is -0.207. The van der Waals surface area contributed by atoms with Crippen LogP contribution in [0.4, 0.5) is 0 Å². The number of hydrogen-bond acceptors (Lipinski definition) is 3. The molecule has 0 saturated heterocycles. The van der Waals surface area contributed by atoms with Crippen molar-refractivity contribution < 1.29 is 14.3 Å². The molecule has 6 heteroatoms. The monoisotopic (exact) mass is 342 g/mol. The third-order valence-electron chi connectivity index (χ3n) is 2.71. The van der Waals surface area contributed by atoms with Crippen LogP contribution in [-0.2, 0) is 9.53 Å². The van der Waals surface area contributed by atoms with Crippen molar-refractivity contribution in [2.45, 2.75) is 6.92 Å². The largest absolute Gasteiger partial charge is 0.383 e. The van der Waals surface area contributed by atoms with Gasteiger partial charge in [0, 0.05) is 25.2 Å². The predicted octanol–water partition coefficient (Wildman–Crippen LogP) is 1.59. The maximum atomic E-state index is 12.2. The van der Waals surface area contributed by atoms with E-state index in [0.29, 0.717) is 18.7 Å². The standard InChI is InChI=1S/C14H19BrN2O3/c1-10-4-5-11(12(15)8-10)14(19)17(2)9-13(18)16-6-7-20-3/h4-5,8H,6-7,9H2,1-3H3,(H,16,18). The lowest BCUT2D eigenvalue weighted by Gasteiger charge is -2.17. The van der Waals surface area contributed by atoms with Crippen LogP contribution < -0.4 is 5.32 Å². The highest BCUT2D eigenvalue weighted by atomic mass is 79.9. The predicted molar refractivity (Wildman–Crippen MR) is 80.7 cm³/mol. The normalized spacial score (nSPS) is 10.2. The highest BCUT2D eigenvalue weighted by molar-refractivity contribution is 9.10. The first kappa shape index (κ1) is 16.7. The third-order valence-corrected chi connectivity index (χ3v) is 3.37. The van der Waals surface area contributed by atoms with Crippen molar-refractivity contribution >= 4 is 27.7 Å². The zero-order chi connectivity index (χ0) is 15.1. The summed E-state index contributed by atoms with van der Waals surface area (Å²) in [5.41, 5.74) is 1.61. The number of likely N-dealkylation sites (N-methyl/N-ethyl adjacent to an activating group) is 1. The molecule has 110 valence electrons. The first-order valence-electron chi connectivity index (χ1n) is 6.23. The lowest BCUT2D eigenvalue weighted by molar-refractivity contribution is -0.121. The second-order valence-corrected chi connectivity index (χ2v) is 5.34. The molecule has 0 atom stereocenters. The van der Waals surface area contributed by atoms with Gasteiger partial charge >= 0.3 is 0 Å². The summed E-state index contributed by atoms with van der Waals surface area (Å²) < 4.78 is 5.57. The van der Waals surface area contributed by atoms with E-state index in [1.54, 1.807) is 20.2 Å². The molecular weight excluding hydrogens is 324 g/mol. The number of methoxy groups -OCH3 is 1. The number of nitrogens with one attached hydrogen (secondary N) is 1. The number of aryl methyl sites for hydroxylation is 1. The molecule has 1 rings (SSSR count). The molecule has 0 aliphatic rings. The van der Waals surface area contributed by atoms with E-state index in [-0.39, 0.29) is 18.4 Å². The Balaban J connectivity index is 2.60. The molecule has 0 saturated carbocycles. The summed E-state index contributed by atoms with van der Waals surface area (Å²) in [5.74, 6) is -0.403. The van der Waals surface area contributed by atoms with E-state index in [2.05, 4.69) is 21.2 Å². The first-order valence-corrected chi connectivity index (χ1v) is 7.02. The van der Waals surface area contributed by atoms with Crippen molar-refractivity contribution in [3.8, 4) is 0 Å². The van der Waals surface area contributed by atoms with Crippen LogP contribution in [0, 0.1) is 6.92 Å². The van der Waals surface area contributed by atoms with Gasteiger partial charge in [0.1, 0.15) is 0 Å². The fourth-order valence-electron chi connectivity index (χ4n) is 1.63. The molecule has 5 nitrogen and oxygen atoms in total. The second-order valence-electron chi connectivity index (χ2n) is 4.49. The first-order chi connectivity index (χ1) is 9.45. The Kier molecular flexibility index (Phi) is 6.67. The average Bonchev–Trinajstić information content (AvgIpc) is 2.38. The van der Waals surface area contributed by atoms with Crippen molar-refractivity contribution in [1.82, 2.24) is 10.2 Å². The summed E-state index contributed by atoms with van der Waals surface area (Å²) >= 11 is 3.37. The van der Waals surface area contributed by atoms with Crippen LogP contribution in [0.5, 0.6) is 0 Å². The van der Waals surface area contributed by atoms with E-state index >= 15 is 0 Å². The molecule has 0 fully saturated rings. The van der Waals surface area contributed by atoms with Crippen molar-refractivity contribution in [3.63, 3.8) is 0 Å². The maximum Gasteiger partial charge on any atom is 0.255 e. The van der Waals surface area contributed by atoms with Crippen LogP contribution in [-0.4, -0.2) is 50.6 Å². The molecule has 0 radical (unpaired) electrons. The Morgan fingerprint density at radius 2 is 2.10 bits per heavy atom. The van der Waals surface area contributed by atoms with Gasteiger partial charge in [0.25, 0.3) is 5.91 Å². The molecule has 0 spiro atoms. The molecule has 1 aromatic carbocycles. The number of hydrogen-bond donors (Lipinski definition) is 1. The lowest BCUT2D eigenvalue weighted by atomic mass is 10.1. The van der Waals surface area contributed by atoms with Crippen LogP contribution in [0.2, 0.25) is 0 Å². The summed E-state index contributed by atoms with van der Waals surface area (Å²) in [7, 11) is 3.17. The maximum absolute atomic E-state index is 12.2. The van der Waals surface area contributed by atoms with Gasteiger partial charge < -0.3 is 15.0 Å². The Labute approximate surface area is 127 Å². The summed E-state index contributed by atoms with van der Waals surface area (Å²) in [6, 6.07) is 5.49. The van der Waals surface area contributed by atoms with E-state index in [1.807, 2.05) is 19.1 Å². The molecule has 0 heterocycles. The lowest BCUT2D eigenvalue weighted by Crippen LogP contribution is -2.39. The number of ether oxygens (including phenoxy) is 1. The topological polar surface area (TPSA) is 58.6 Å².